The predicted molar refractivity (Wildman–Crippen MR) is 109 cm³/mol. The third-order valence-corrected chi connectivity index (χ3v) is 5.70. The van der Waals surface area contributed by atoms with Crippen LogP contribution in [-0.4, -0.2) is 102 Å². The first-order valence-electron chi connectivity index (χ1n) is 10.5. The van der Waals surface area contributed by atoms with Crippen LogP contribution in [0.3, 0.4) is 0 Å². The van der Waals surface area contributed by atoms with Crippen LogP contribution in [0.4, 0.5) is 0 Å². The van der Waals surface area contributed by atoms with Crippen LogP contribution >= 0.6 is 0 Å². The Bertz CT molecular complexity index is 694. The van der Waals surface area contributed by atoms with Crippen LogP contribution in [0.25, 0.3) is 0 Å². The molecule has 0 aromatic carbocycles. The lowest BCUT2D eigenvalue weighted by atomic mass is 9.99. The van der Waals surface area contributed by atoms with E-state index in [-0.39, 0.29) is 30.4 Å². The normalized spacial score (nSPS) is 24.3. The minimum absolute atomic E-state index is 0.0384. The van der Waals surface area contributed by atoms with Crippen LogP contribution in [-0.2, 0) is 21.4 Å². The first-order chi connectivity index (χ1) is 13.9. The zero-order chi connectivity index (χ0) is 20.8. The van der Waals surface area contributed by atoms with Crippen molar-refractivity contribution in [2.75, 3.05) is 59.5 Å². The minimum atomic E-state index is -0.164. The lowest BCUT2D eigenvalue weighted by Crippen LogP contribution is -2.52. The maximum absolute atomic E-state index is 13.0. The lowest BCUT2D eigenvalue weighted by Gasteiger charge is -2.42. The van der Waals surface area contributed by atoms with E-state index >= 15 is 0 Å². The van der Waals surface area contributed by atoms with Crippen molar-refractivity contribution in [2.24, 2.45) is 7.05 Å². The number of amides is 2. The van der Waals surface area contributed by atoms with Crippen molar-refractivity contribution < 1.29 is 14.3 Å². The van der Waals surface area contributed by atoms with Crippen LogP contribution in [0.1, 0.15) is 31.4 Å². The van der Waals surface area contributed by atoms with Gasteiger partial charge in [0, 0.05) is 64.9 Å². The van der Waals surface area contributed by atoms with Gasteiger partial charge in [0.15, 0.2) is 0 Å². The second kappa shape index (κ2) is 10.2. The molecule has 0 radical (unpaired) electrons. The smallest absolute Gasteiger partial charge is 0.225 e. The molecule has 1 aromatic heterocycles. The van der Waals surface area contributed by atoms with Crippen molar-refractivity contribution >= 4 is 11.8 Å². The highest BCUT2D eigenvalue weighted by atomic mass is 16.5. The number of hydrogen-bond donors (Lipinski definition) is 1. The molecular formula is C20H34N6O3. The Morgan fingerprint density at radius 2 is 2.03 bits per heavy atom. The van der Waals surface area contributed by atoms with Crippen molar-refractivity contribution in [2.45, 2.75) is 31.9 Å². The SMILES string of the molecule is CC(=O)NCCC(=O)N1CCO[C@@H](CN2CCCN(C)CC2)[C@@H]1c1cnn(C)c1. The molecule has 29 heavy (non-hydrogen) atoms. The molecule has 0 aliphatic carbocycles. The molecule has 0 bridgehead atoms. The molecule has 0 saturated carbocycles. The number of rotatable bonds is 6. The van der Waals surface area contributed by atoms with E-state index in [1.54, 1.807) is 4.68 Å². The Morgan fingerprint density at radius 1 is 1.21 bits per heavy atom. The maximum atomic E-state index is 13.0. The van der Waals surface area contributed by atoms with Crippen LogP contribution < -0.4 is 5.32 Å². The molecule has 9 heteroatoms. The Hall–Kier alpha value is -1.97. The van der Waals surface area contributed by atoms with Crippen LogP contribution in [0.15, 0.2) is 12.4 Å². The molecule has 0 unspecified atom stereocenters. The van der Waals surface area contributed by atoms with Crippen molar-refractivity contribution in [3.8, 4) is 0 Å². The molecule has 0 spiro atoms. The zero-order valence-electron chi connectivity index (χ0n) is 17.8. The number of nitrogens with zero attached hydrogens (tertiary/aromatic N) is 5. The van der Waals surface area contributed by atoms with E-state index in [0.717, 1.165) is 44.7 Å². The number of carbonyl (C=O) groups excluding carboxylic acids is 2. The molecule has 3 heterocycles. The monoisotopic (exact) mass is 406 g/mol. The summed E-state index contributed by atoms with van der Waals surface area (Å²) in [5.41, 5.74) is 0.997. The van der Waals surface area contributed by atoms with E-state index in [0.29, 0.717) is 19.7 Å². The number of morpholine rings is 1. The summed E-state index contributed by atoms with van der Waals surface area (Å²) >= 11 is 0. The average molecular weight is 407 g/mol. The van der Waals surface area contributed by atoms with Crippen molar-refractivity contribution in [3.05, 3.63) is 18.0 Å². The van der Waals surface area contributed by atoms with E-state index in [1.807, 2.05) is 24.3 Å². The molecule has 2 aliphatic heterocycles. The standard InChI is InChI=1S/C20H34N6O3/c1-16(27)21-6-5-19(28)26-11-12-29-18(20(26)17-13-22-24(3)14-17)15-25-8-4-7-23(2)9-10-25/h13-14,18,20H,4-12,15H2,1-3H3,(H,21,27)/t18-,20-/m0/s1. The maximum Gasteiger partial charge on any atom is 0.225 e. The van der Waals surface area contributed by atoms with Gasteiger partial charge in [0.1, 0.15) is 0 Å². The Kier molecular flexibility index (Phi) is 7.63. The molecule has 3 rings (SSSR count). The van der Waals surface area contributed by atoms with Gasteiger partial charge in [-0.3, -0.25) is 19.2 Å². The number of carbonyl (C=O) groups is 2. The van der Waals surface area contributed by atoms with E-state index < -0.39 is 0 Å². The largest absolute Gasteiger partial charge is 0.373 e. The number of nitrogens with one attached hydrogen (secondary N) is 1. The summed E-state index contributed by atoms with van der Waals surface area (Å²) in [5, 5.41) is 7.04. The molecule has 1 N–H and O–H groups in total. The van der Waals surface area contributed by atoms with Crippen molar-refractivity contribution in [3.63, 3.8) is 0 Å². The highest BCUT2D eigenvalue weighted by Gasteiger charge is 2.38. The van der Waals surface area contributed by atoms with Crippen LogP contribution in [0, 0.1) is 0 Å². The van der Waals surface area contributed by atoms with Gasteiger partial charge >= 0.3 is 0 Å². The molecule has 2 fully saturated rings. The molecule has 162 valence electrons. The summed E-state index contributed by atoms with van der Waals surface area (Å²) in [6.45, 7) is 7.90. The molecule has 9 nitrogen and oxygen atoms in total. The Morgan fingerprint density at radius 3 is 2.76 bits per heavy atom. The summed E-state index contributed by atoms with van der Waals surface area (Å²) < 4.78 is 7.96. The zero-order valence-corrected chi connectivity index (χ0v) is 17.8. The lowest BCUT2D eigenvalue weighted by molar-refractivity contribution is -0.148. The fourth-order valence-electron chi connectivity index (χ4n) is 4.18. The highest BCUT2D eigenvalue weighted by Crippen LogP contribution is 2.30. The Balaban J connectivity index is 1.73. The number of likely N-dealkylation sites (N-methyl/N-ethyl adjacent to an activating group) is 1. The topological polar surface area (TPSA) is 82.9 Å². The predicted octanol–water partition coefficient (Wildman–Crippen LogP) is -0.148. The summed E-state index contributed by atoms with van der Waals surface area (Å²) in [6, 6.07) is -0.164. The third-order valence-electron chi connectivity index (χ3n) is 5.70. The number of hydrogen-bond acceptors (Lipinski definition) is 6. The molecular weight excluding hydrogens is 372 g/mol. The summed E-state index contributed by atoms with van der Waals surface area (Å²) in [7, 11) is 4.05. The first kappa shape index (κ1) is 21.7. The number of aromatic nitrogens is 2. The van der Waals surface area contributed by atoms with E-state index in [4.69, 9.17) is 4.74 Å². The fraction of sp³-hybridized carbons (Fsp3) is 0.750. The summed E-state index contributed by atoms with van der Waals surface area (Å²) in [4.78, 5) is 30.8. The molecule has 2 saturated heterocycles. The number of aryl methyl sites for hydroxylation is 1. The second-order valence-electron chi connectivity index (χ2n) is 8.08. The van der Waals surface area contributed by atoms with Gasteiger partial charge in [-0.25, -0.2) is 0 Å². The summed E-state index contributed by atoms with van der Waals surface area (Å²) in [6.07, 6.45) is 5.13. The Labute approximate surface area is 172 Å². The first-order valence-corrected chi connectivity index (χ1v) is 10.5. The van der Waals surface area contributed by atoms with E-state index in [9.17, 15) is 9.59 Å². The van der Waals surface area contributed by atoms with Crippen molar-refractivity contribution in [1.82, 2.24) is 29.8 Å². The molecule has 2 amide bonds. The highest BCUT2D eigenvalue weighted by molar-refractivity contribution is 5.78. The van der Waals surface area contributed by atoms with E-state index in [1.165, 1.54) is 6.92 Å². The van der Waals surface area contributed by atoms with Gasteiger partial charge in [-0.15, -0.1) is 0 Å². The quantitative estimate of drug-likeness (QED) is 0.708. The van der Waals surface area contributed by atoms with Gasteiger partial charge in [0.2, 0.25) is 11.8 Å². The van der Waals surface area contributed by atoms with Gasteiger partial charge in [0.25, 0.3) is 0 Å². The summed E-state index contributed by atoms with van der Waals surface area (Å²) in [5.74, 6) is -0.0795. The average Bonchev–Trinajstić information content (AvgIpc) is 3.00. The number of ether oxygens (including phenoxy) is 1. The van der Waals surface area contributed by atoms with Gasteiger partial charge in [0.05, 0.1) is 24.9 Å². The van der Waals surface area contributed by atoms with Gasteiger partial charge in [-0.1, -0.05) is 0 Å². The molecule has 1 aromatic rings. The van der Waals surface area contributed by atoms with Gasteiger partial charge in [-0.2, -0.15) is 5.10 Å². The van der Waals surface area contributed by atoms with Crippen molar-refractivity contribution in [1.29, 1.82) is 0 Å². The second-order valence-corrected chi connectivity index (χ2v) is 8.08. The van der Waals surface area contributed by atoms with E-state index in [2.05, 4.69) is 27.3 Å². The third kappa shape index (κ3) is 6.01. The van der Waals surface area contributed by atoms with Gasteiger partial charge < -0.3 is 19.9 Å². The molecule has 2 aliphatic rings. The fourth-order valence-corrected chi connectivity index (χ4v) is 4.18. The van der Waals surface area contributed by atoms with Crippen LogP contribution in [0.5, 0.6) is 0 Å². The van der Waals surface area contributed by atoms with Gasteiger partial charge in [-0.05, 0) is 26.6 Å². The minimum Gasteiger partial charge on any atom is -0.373 e. The molecule has 2 atom stereocenters. The van der Waals surface area contributed by atoms with Crippen LogP contribution in [0.2, 0.25) is 0 Å².